The van der Waals surface area contributed by atoms with E-state index in [0.29, 0.717) is 11.6 Å². The molecule has 0 atom stereocenters. The van der Waals surface area contributed by atoms with Gasteiger partial charge in [-0.15, -0.1) is 0 Å². The molecule has 0 aliphatic carbocycles. The maximum Gasteiger partial charge on any atom is 0.124 e. The van der Waals surface area contributed by atoms with Crippen LogP contribution < -0.4 is 5.73 Å². The molecule has 0 spiro atoms. The summed E-state index contributed by atoms with van der Waals surface area (Å²) in [5.41, 5.74) is 6.17. The molecule has 2 N–H and O–H groups in total. The first-order valence-corrected chi connectivity index (χ1v) is 4.39. The Labute approximate surface area is 74.9 Å². The van der Waals surface area contributed by atoms with Crippen molar-refractivity contribution in [2.75, 3.05) is 18.8 Å². The molecule has 66 valence electrons. The molecule has 12 heavy (non-hydrogen) atoms. The predicted molar refractivity (Wildman–Crippen MR) is 48.5 cm³/mol. The summed E-state index contributed by atoms with van der Waals surface area (Å²) in [5, 5.41) is 0. The molecule has 0 unspecified atom stereocenters. The zero-order chi connectivity index (χ0) is 8.97. The lowest BCUT2D eigenvalue weighted by molar-refractivity contribution is 0.259. The third-order valence-corrected chi connectivity index (χ3v) is 2.33. The molecule has 0 radical (unpaired) electrons. The van der Waals surface area contributed by atoms with Gasteiger partial charge in [0, 0.05) is 17.7 Å². The van der Waals surface area contributed by atoms with Gasteiger partial charge in [-0.05, 0) is 18.2 Å². The number of anilines is 1. The summed E-state index contributed by atoms with van der Waals surface area (Å²) in [6.45, 7) is 0. The Bertz CT molecular complexity index is 267. The SMILES string of the molecule is COCSc1cc(F)ccc1N. The second-order valence-corrected chi connectivity index (χ2v) is 3.20. The van der Waals surface area contributed by atoms with Gasteiger partial charge in [-0.2, -0.15) is 0 Å². The Morgan fingerprint density at radius 3 is 3.00 bits per heavy atom. The lowest BCUT2D eigenvalue weighted by Crippen LogP contribution is -1.91. The molecule has 4 heteroatoms. The minimum absolute atomic E-state index is 0.275. The Hall–Kier alpha value is -0.740. The zero-order valence-electron chi connectivity index (χ0n) is 6.71. The van der Waals surface area contributed by atoms with Crippen LogP contribution in [0.4, 0.5) is 10.1 Å². The van der Waals surface area contributed by atoms with Crippen LogP contribution in [0.2, 0.25) is 0 Å². The summed E-state index contributed by atoms with van der Waals surface area (Å²) in [7, 11) is 1.59. The Kier molecular flexibility index (Phi) is 3.37. The third-order valence-electron chi connectivity index (χ3n) is 1.31. The zero-order valence-corrected chi connectivity index (χ0v) is 7.53. The quantitative estimate of drug-likeness (QED) is 0.447. The molecule has 0 saturated heterocycles. The largest absolute Gasteiger partial charge is 0.398 e. The number of rotatable bonds is 3. The van der Waals surface area contributed by atoms with Crippen LogP contribution in [0.3, 0.4) is 0 Å². The van der Waals surface area contributed by atoms with Crippen LogP contribution >= 0.6 is 11.8 Å². The van der Waals surface area contributed by atoms with Crippen LogP contribution in [-0.4, -0.2) is 13.0 Å². The predicted octanol–water partition coefficient (Wildman–Crippen LogP) is 2.10. The number of benzene rings is 1. The molecule has 2 nitrogen and oxygen atoms in total. The fourth-order valence-corrected chi connectivity index (χ4v) is 1.43. The average Bonchev–Trinajstić information content (AvgIpc) is 2.07. The number of hydrogen-bond donors (Lipinski definition) is 1. The second kappa shape index (κ2) is 4.33. The van der Waals surface area contributed by atoms with E-state index in [4.69, 9.17) is 10.5 Å². The third kappa shape index (κ3) is 2.39. The highest BCUT2D eigenvalue weighted by Crippen LogP contribution is 2.25. The van der Waals surface area contributed by atoms with Crippen molar-refractivity contribution >= 4 is 17.4 Å². The molecule has 0 aliphatic rings. The van der Waals surface area contributed by atoms with Crippen LogP contribution in [0, 0.1) is 5.82 Å². The first-order valence-electron chi connectivity index (χ1n) is 3.41. The summed E-state index contributed by atoms with van der Waals surface area (Å²) in [5.74, 6) is 0.205. The number of methoxy groups -OCH3 is 1. The smallest absolute Gasteiger partial charge is 0.124 e. The van der Waals surface area contributed by atoms with Crippen molar-refractivity contribution < 1.29 is 9.13 Å². The molecule has 0 bridgehead atoms. The highest BCUT2D eigenvalue weighted by molar-refractivity contribution is 7.99. The van der Waals surface area contributed by atoms with Gasteiger partial charge in [-0.3, -0.25) is 0 Å². The normalized spacial score (nSPS) is 10.2. The molecular weight excluding hydrogens is 177 g/mol. The number of hydrogen-bond acceptors (Lipinski definition) is 3. The van der Waals surface area contributed by atoms with Crippen LogP contribution in [0.15, 0.2) is 23.1 Å². The van der Waals surface area contributed by atoms with E-state index in [1.165, 1.54) is 23.9 Å². The van der Waals surface area contributed by atoms with E-state index in [0.717, 1.165) is 4.90 Å². The highest BCUT2D eigenvalue weighted by atomic mass is 32.2. The number of ether oxygens (including phenoxy) is 1. The lowest BCUT2D eigenvalue weighted by atomic mass is 10.3. The van der Waals surface area contributed by atoms with Crippen molar-refractivity contribution in [1.82, 2.24) is 0 Å². The van der Waals surface area contributed by atoms with E-state index in [2.05, 4.69) is 0 Å². The molecule has 1 rings (SSSR count). The van der Waals surface area contributed by atoms with Gasteiger partial charge < -0.3 is 10.5 Å². The molecule has 0 aromatic heterocycles. The molecule has 1 aromatic carbocycles. The van der Waals surface area contributed by atoms with E-state index >= 15 is 0 Å². The van der Waals surface area contributed by atoms with Crippen molar-refractivity contribution in [1.29, 1.82) is 0 Å². The molecular formula is C8H10FNOS. The van der Waals surface area contributed by atoms with E-state index in [9.17, 15) is 4.39 Å². The molecule has 1 aromatic rings. The van der Waals surface area contributed by atoms with Crippen molar-refractivity contribution in [3.8, 4) is 0 Å². The fourth-order valence-electron chi connectivity index (χ4n) is 0.756. The number of nitrogens with two attached hydrogens (primary N) is 1. The van der Waals surface area contributed by atoms with Crippen LogP contribution in [-0.2, 0) is 4.74 Å². The van der Waals surface area contributed by atoms with Crippen LogP contribution in [0.1, 0.15) is 0 Å². The van der Waals surface area contributed by atoms with Crippen LogP contribution in [0.5, 0.6) is 0 Å². The van der Waals surface area contributed by atoms with E-state index in [-0.39, 0.29) is 5.82 Å². The lowest BCUT2D eigenvalue weighted by Gasteiger charge is -2.03. The van der Waals surface area contributed by atoms with Crippen LogP contribution in [0.25, 0.3) is 0 Å². The maximum atomic E-state index is 12.7. The summed E-state index contributed by atoms with van der Waals surface area (Å²) >= 11 is 1.37. The standard InChI is InChI=1S/C8H10FNOS/c1-11-5-12-8-4-6(9)2-3-7(8)10/h2-4H,5,10H2,1H3. The highest BCUT2D eigenvalue weighted by Gasteiger charge is 2.00. The number of thioether (sulfide) groups is 1. The summed E-state index contributed by atoms with van der Waals surface area (Å²) in [6, 6.07) is 4.29. The second-order valence-electron chi connectivity index (χ2n) is 2.23. The van der Waals surface area contributed by atoms with Gasteiger partial charge in [0.1, 0.15) is 5.82 Å². The van der Waals surface area contributed by atoms with Gasteiger partial charge in [0.25, 0.3) is 0 Å². The first-order chi connectivity index (χ1) is 5.74. The monoisotopic (exact) mass is 187 g/mol. The van der Waals surface area contributed by atoms with Gasteiger partial charge in [0.15, 0.2) is 0 Å². The van der Waals surface area contributed by atoms with Gasteiger partial charge in [-0.25, -0.2) is 4.39 Å². The Balaban J connectivity index is 2.75. The Morgan fingerprint density at radius 2 is 2.33 bits per heavy atom. The minimum Gasteiger partial charge on any atom is -0.398 e. The van der Waals surface area contributed by atoms with Crippen molar-refractivity contribution in [3.63, 3.8) is 0 Å². The molecule has 0 saturated carbocycles. The van der Waals surface area contributed by atoms with E-state index in [1.807, 2.05) is 0 Å². The number of nitrogen functional groups attached to an aromatic ring is 1. The van der Waals surface area contributed by atoms with Gasteiger partial charge in [0.05, 0.1) is 5.94 Å². The van der Waals surface area contributed by atoms with E-state index in [1.54, 1.807) is 13.2 Å². The molecule has 0 aliphatic heterocycles. The van der Waals surface area contributed by atoms with E-state index < -0.39 is 0 Å². The molecule has 0 heterocycles. The Morgan fingerprint density at radius 1 is 1.58 bits per heavy atom. The summed E-state index contributed by atoms with van der Waals surface area (Å²) < 4.78 is 17.5. The minimum atomic E-state index is -0.275. The van der Waals surface area contributed by atoms with Gasteiger partial charge >= 0.3 is 0 Å². The van der Waals surface area contributed by atoms with Crippen molar-refractivity contribution in [3.05, 3.63) is 24.0 Å². The molecule has 0 amide bonds. The summed E-state index contributed by atoms with van der Waals surface area (Å²) in [6.07, 6.45) is 0. The van der Waals surface area contributed by atoms with Crippen molar-refractivity contribution in [2.24, 2.45) is 0 Å². The average molecular weight is 187 g/mol. The van der Waals surface area contributed by atoms with Crippen molar-refractivity contribution in [2.45, 2.75) is 4.90 Å². The maximum absolute atomic E-state index is 12.7. The first kappa shape index (κ1) is 9.35. The fraction of sp³-hybridized carbons (Fsp3) is 0.250. The van der Waals surface area contributed by atoms with Gasteiger partial charge in [-0.1, -0.05) is 11.8 Å². The molecule has 0 fully saturated rings. The number of halogens is 1. The van der Waals surface area contributed by atoms with Gasteiger partial charge in [0.2, 0.25) is 0 Å². The topological polar surface area (TPSA) is 35.2 Å². The summed E-state index contributed by atoms with van der Waals surface area (Å²) in [4.78, 5) is 0.719.